The first-order chi connectivity index (χ1) is 13.0. The number of methoxy groups -OCH3 is 1. The summed E-state index contributed by atoms with van der Waals surface area (Å²) in [6.07, 6.45) is 1.72. The van der Waals surface area contributed by atoms with Gasteiger partial charge in [0.05, 0.1) is 12.0 Å². The van der Waals surface area contributed by atoms with Crippen LogP contribution in [0.4, 0.5) is 0 Å². The number of carbonyl (C=O) groups excluding carboxylic acids is 1. The first kappa shape index (κ1) is 19.3. The van der Waals surface area contributed by atoms with Crippen molar-refractivity contribution in [2.24, 2.45) is 10.7 Å². The summed E-state index contributed by atoms with van der Waals surface area (Å²) in [5, 5.41) is 0.247. The van der Waals surface area contributed by atoms with Gasteiger partial charge in [0.1, 0.15) is 30.5 Å². The molecule has 3 rings (SSSR count). The molecule has 0 aliphatic carbocycles. The Morgan fingerprint density at radius 1 is 1.11 bits per heavy atom. The van der Waals surface area contributed by atoms with Crippen LogP contribution in [0.5, 0.6) is 17.2 Å². The van der Waals surface area contributed by atoms with Gasteiger partial charge in [0, 0.05) is 10.0 Å². The summed E-state index contributed by atoms with van der Waals surface area (Å²) in [5.74, 6) is 1.81. The summed E-state index contributed by atoms with van der Waals surface area (Å²) in [4.78, 5) is 16.0. The molecule has 0 saturated carbocycles. The number of nitrogens with two attached hydrogens (primary N) is 1. The first-order valence-electron chi connectivity index (χ1n) is 8.02. The zero-order valence-corrected chi connectivity index (χ0v) is 16.9. The molecule has 2 aromatic carbocycles. The Hall–Kier alpha value is -2.45. The summed E-state index contributed by atoms with van der Waals surface area (Å²) in [6, 6.07) is 12.9. The second-order valence-electron chi connectivity index (χ2n) is 5.42. The van der Waals surface area contributed by atoms with E-state index in [1.807, 2.05) is 42.5 Å². The zero-order valence-electron chi connectivity index (χ0n) is 14.5. The number of amidine groups is 1. The lowest BCUT2D eigenvalue weighted by molar-refractivity contribution is -0.113. The van der Waals surface area contributed by atoms with Crippen LogP contribution in [0.2, 0.25) is 0 Å². The van der Waals surface area contributed by atoms with E-state index >= 15 is 0 Å². The molecule has 2 aromatic rings. The SMILES string of the molecule is COc1ccc(OCCOc2ccc(Br)cc2/C=C2/SC(N)=NC2=O)cc1. The number of benzene rings is 2. The lowest BCUT2D eigenvalue weighted by Gasteiger charge is -2.11. The van der Waals surface area contributed by atoms with E-state index in [0.717, 1.165) is 33.3 Å². The predicted molar refractivity (Wildman–Crippen MR) is 110 cm³/mol. The van der Waals surface area contributed by atoms with Crippen molar-refractivity contribution in [2.45, 2.75) is 0 Å². The Bertz CT molecular complexity index is 897. The zero-order chi connectivity index (χ0) is 19.2. The average Bonchev–Trinajstić information content (AvgIpc) is 2.97. The van der Waals surface area contributed by atoms with Crippen molar-refractivity contribution < 1.29 is 19.0 Å². The van der Waals surface area contributed by atoms with E-state index in [0.29, 0.717) is 23.9 Å². The molecule has 2 N–H and O–H groups in total. The number of hydrogen-bond acceptors (Lipinski definition) is 6. The molecule has 8 heteroatoms. The van der Waals surface area contributed by atoms with Crippen LogP contribution in [-0.4, -0.2) is 31.4 Å². The number of ether oxygens (including phenoxy) is 3. The molecule has 0 bridgehead atoms. The number of aliphatic imine (C=N–C) groups is 1. The van der Waals surface area contributed by atoms with Crippen LogP contribution >= 0.6 is 27.7 Å². The van der Waals surface area contributed by atoms with Crippen LogP contribution in [0.3, 0.4) is 0 Å². The number of rotatable bonds is 7. The molecule has 6 nitrogen and oxygen atoms in total. The maximum absolute atomic E-state index is 11.8. The summed E-state index contributed by atoms with van der Waals surface area (Å²) >= 11 is 4.58. The fourth-order valence-electron chi connectivity index (χ4n) is 2.31. The number of thioether (sulfide) groups is 1. The molecule has 140 valence electrons. The highest BCUT2D eigenvalue weighted by atomic mass is 79.9. The van der Waals surface area contributed by atoms with Gasteiger partial charge in [-0.15, -0.1) is 0 Å². The molecule has 0 atom stereocenters. The topological polar surface area (TPSA) is 83.1 Å². The molecule has 1 aliphatic rings. The molecule has 1 heterocycles. The number of nitrogens with zero attached hydrogens (tertiary/aromatic N) is 1. The summed E-state index contributed by atoms with van der Waals surface area (Å²) in [7, 11) is 1.62. The largest absolute Gasteiger partial charge is 0.497 e. The van der Waals surface area contributed by atoms with E-state index in [1.165, 1.54) is 0 Å². The van der Waals surface area contributed by atoms with E-state index in [9.17, 15) is 4.79 Å². The number of carbonyl (C=O) groups is 1. The molecule has 0 fully saturated rings. The first-order valence-corrected chi connectivity index (χ1v) is 9.63. The Labute approximate surface area is 169 Å². The molecule has 27 heavy (non-hydrogen) atoms. The van der Waals surface area contributed by atoms with Crippen molar-refractivity contribution in [3.63, 3.8) is 0 Å². The minimum atomic E-state index is -0.341. The highest BCUT2D eigenvalue weighted by molar-refractivity contribution is 9.10. The van der Waals surface area contributed by atoms with E-state index < -0.39 is 0 Å². The lowest BCUT2D eigenvalue weighted by atomic mass is 10.2. The van der Waals surface area contributed by atoms with Crippen molar-refractivity contribution in [1.82, 2.24) is 0 Å². The van der Waals surface area contributed by atoms with Crippen LogP contribution in [0.1, 0.15) is 5.56 Å². The molecule has 1 aliphatic heterocycles. The molecule has 0 spiro atoms. The Morgan fingerprint density at radius 3 is 2.48 bits per heavy atom. The molecule has 0 saturated heterocycles. The van der Waals surface area contributed by atoms with Gasteiger partial charge >= 0.3 is 0 Å². The van der Waals surface area contributed by atoms with Gasteiger partial charge in [-0.05, 0) is 60.3 Å². The maximum Gasteiger partial charge on any atom is 0.286 e. The summed E-state index contributed by atoms with van der Waals surface area (Å²) in [6.45, 7) is 0.728. The van der Waals surface area contributed by atoms with E-state index in [-0.39, 0.29) is 11.1 Å². The number of amides is 1. The minimum absolute atomic E-state index is 0.247. The smallest absolute Gasteiger partial charge is 0.286 e. The van der Waals surface area contributed by atoms with E-state index in [1.54, 1.807) is 13.2 Å². The molecule has 0 unspecified atom stereocenters. The van der Waals surface area contributed by atoms with E-state index in [2.05, 4.69) is 20.9 Å². The van der Waals surface area contributed by atoms with Gasteiger partial charge < -0.3 is 19.9 Å². The summed E-state index contributed by atoms with van der Waals surface area (Å²) in [5.41, 5.74) is 6.35. The standard InChI is InChI=1S/C19H17BrN2O4S/c1-24-14-3-5-15(6-4-14)25-8-9-26-16-7-2-13(20)10-12(16)11-17-18(23)22-19(21)27-17/h2-7,10-11H,8-9H2,1H3,(H2,21,22,23)/b17-11+. The van der Waals surface area contributed by atoms with Gasteiger partial charge in [0.15, 0.2) is 5.17 Å². The monoisotopic (exact) mass is 448 g/mol. The van der Waals surface area contributed by atoms with Crippen LogP contribution in [0, 0.1) is 0 Å². The average molecular weight is 449 g/mol. The molecular weight excluding hydrogens is 432 g/mol. The molecular formula is C19H17BrN2O4S. The Balaban J connectivity index is 1.61. The van der Waals surface area contributed by atoms with Gasteiger partial charge in [0.25, 0.3) is 5.91 Å². The Kier molecular flexibility index (Phi) is 6.41. The maximum atomic E-state index is 11.8. The summed E-state index contributed by atoms with van der Waals surface area (Å²) < 4.78 is 17.5. The van der Waals surface area contributed by atoms with Crippen molar-refractivity contribution in [1.29, 1.82) is 0 Å². The van der Waals surface area contributed by atoms with Crippen molar-refractivity contribution >= 4 is 44.8 Å². The van der Waals surface area contributed by atoms with Crippen LogP contribution in [0.25, 0.3) is 6.08 Å². The second kappa shape index (κ2) is 8.96. The predicted octanol–water partition coefficient (Wildman–Crippen LogP) is 3.84. The van der Waals surface area contributed by atoms with Crippen molar-refractivity contribution in [3.05, 3.63) is 57.4 Å². The highest BCUT2D eigenvalue weighted by Crippen LogP contribution is 2.31. The number of halogens is 1. The third-order valence-electron chi connectivity index (χ3n) is 3.56. The lowest BCUT2D eigenvalue weighted by Crippen LogP contribution is -2.09. The molecule has 0 aromatic heterocycles. The fourth-order valence-corrected chi connectivity index (χ4v) is 3.36. The van der Waals surface area contributed by atoms with Crippen LogP contribution in [-0.2, 0) is 4.79 Å². The van der Waals surface area contributed by atoms with Crippen LogP contribution in [0.15, 0.2) is 56.8 Å². The van der Waals surface area contributed by atoms with E-state index in [4.69, 9.17) is 19.9 Å². The van der Waals surface area contributed by atoms with Gasteiger partial charge in [-0.3, -0.25) is 4.79 Å². The Morgan fingerprint density at radius 2 is 1.81 bits per heavy atom. The molecule has 0 radical (unpaired) electrons. The number of hydrogen-bond donors (Lipinski definition) is 1. The third kappa shape index (κ3) is 5.27. The van der Waals surface area contributed by atoms with Crippen molar-refractivity contribution in [2.75, 3.05) is 20.3 Å². The van der Waals surface area contributed by atoms with Gasteiger partial charge in [-0.2, -0.15) is 4.99 Å². The quantitative estimate of drug-likeness (QED) is 0.511. The van der Waals surface area contributed by atoms with Gasteiger partial charge in [0.2, 0.25) is 0 Å². The second-order valence-corrected chi connectivity index (χ2v) is 7.40. The van der Waals surface area contributed by atoms with Crippen LogP contribution < -0.4 is 19.9 Å². The minimum Gasteiger partial charge on any atom is -0.497 e. The third-order valence-corrected chi connectivity index (χ3v) is 4.87. The molecule has 1 amide bonds. The normalized spacial score (nSPS) is 15.0. The van der Waals surface area contributed by atoms with Gasteiger partial charge in [-0.1, -0.05) is 15.9 Å². The fraction of sp³-hybridized carbons (Fsp3) is 0.158. The highest BCUT2D eigenvalue weighted by Gasteiger charge is 2.20. The van der Waals surface area contributed by atoms with Crippen molar-refractivity contribution in [3.8, 4) is 17.2 Å². The van der Waals surface area contributed by atoms with Gasteiger partial charge in [-0.25, -0.2) is 0 Å².